The average Bonchev–Trinajstić information content (AvgIpc) is 1.95. The number of aliphatic carboxylic acids is 1. The van der Waals surface area contributed by atoms with E-state index in [2.05, 4.69) is 5.32 Å². The molecule has 2 unspecified atom stereocenters. The van der Waals surface area contributed by atoms with Gasteiger partial charge in [0.1, 0.15) is 5.54 Å². The molecule has 11 heavy (non-hydrogen) atoms. The van der Waals surface area contributed by atoms with Crippen LogP contribution in [0.25, 0.3) is 0 Å². The minimum Gasteiger partial charge on any atom is -0.480 e. The molecule has 0 aromatic heterocycles. The zero-order chi connectivity index (χ0) is 8.48. The number of carbonyl (C=O) groups is 1. The summed E-state index contributed by atoms with van der Waals surface area (Å²) in [7, 11) is 0. The van der Waals surface area contributed by atoms with Gasteiger partial charge >= 0.3 is 5.97 Å². The van der Waals surface area contributed by atoms with Gasteiger partial charge in [-0.05, 0) is 18.9 Å². The molecule has 0 aromatic carbocycles. The summed E-state index contributed by atoms with van der Waals surface area (Å²) in [5.74, 6) is -0.875. The van der Waals surface area contributed by atoms with E-state index in [0.717, 1.165) is 0 Å². The SMILES string of the molecule is CC1CNCCC1(N)C(=O)O. The van der Waals surface area contributed by atoms with Crippen LogP contribution in [0.3, 0.4) is 0 Å². The van der Waals surface area contributed by atoms with Gasteiger partial charge in [-0.1, -0.05) is 6.92 Å². The molecule has 4 N–H and O–H groups in total. The molecule has 4 nitrogen and oxygen atoms in total. The van der Waals surface area contributed by atoms with Crippen molar-refractivity contribution in [2.75, 3.05) is 13.1 Å². The minimum atomic E-state index is -1.01. The van der Waals surface area contributed by atoms with E-state index in [1.807, 2.05) is 6.92 Å². The normalized spacial score (nSPS) is 38.5. The maximum Gasteiger partial charge on any atom is 0.324 e. The van der Waals surface area contributed by atoms with Gasteiger partial charge in [-0.2, -0.15) is 0 Å². The summed E-state index contributed by atoms with van der Waals surface area (Å²) in [5.41, 5.74) is 4.70. The molecule has 0 saturated carbocycles. The number of nitrogens with one attached hydrogen (secondary N) is 1. The van der Waals surface area contributed by atoms with E-state index < -0.39 is 11.5 Å². The van der Waals surface area contributed by atoms with Crippen LogP contribution in [0.1, 0.15) is 13.3 Å². The largest absolute Gasteiger partial charge is 0.480 e. The number of carboxylic acids is 1. The number of hydrogen-bond acceptors (Lipinski definition) is 3. The lowest BCUT2D eigenvalue weighted by Crippen LogP contribution is -2.60. The van der Waals surface area contributed by atoms with Crippen molar-refractivity contribution < 1.29 is 9.90 Å². The minimum absolute atomic E-state index is 0.00810. The molecule has 0 aromatic rings. The molecular formula is C7H14N2O2. The van der Waals surface area contributed by atoms with Gasteiger partial charge in [0.2, 0.25) is 0 Å². The lowest BCUT2D eigenvalue weighted by atomic mass is 9.81. The van der Waals surface area contributed by atoms with Crippen molar-refractivity contribution in [3.05, 3.63) is 0 Å². The molecule has 1 fully saturated rings. The summed E-state index contributed by atoms with van der Waals surface area (Å²) in [5, 5.41) is 11.9. The zero-order valence-corrected chi connectivity index (χ0v) is 6.63. The van der Waals surface area contributed by atoms with Gasteiger partial charge in [0.25, 0.3) is 0 Å². The van der Waals surface area contributed by atoms with Crippen molar-refractivity contribution in [3.63, 3.8) is 0 Å². The van der Waals surface area contributed by atoms with Gasteiger partial charge in [-0.3, -0.25) is 4.79 Å². The summed E-state index contributed by atoms with van der Waals surface area (Å²) in [6, 6.07) is 0. The number of hydrogen-bond donors (Lipinski definition) is 3. The summed E-state index contributed by atoms with van der Waals surface area (Å²) < 4.78 is 0. The van der Waals surface area contributed by atoms with E-state index >= 15 is 0 Å². The maximum atomic E-state index is 10.7. The van der Waals surface area contributed by atoms with Crippen LogP contribution in [0.15, 0.2) is 0 Å². The van der Waals surface area contributed by atoms with E-state index in [1.165, 1.54) is 0 Å². The second kappa shape index (κ2) is 2.79. The van der Waals surface area contributed by atoms with E-state index in [-0.39, 0.29) is 5.92 Å². The lowest BCUT2D eigenvalue weighted by Gasteiger charge is -2.35. The predicted octanol–water partition coefficient (Wildman–Crippen LogP) is -0.602. The van der Waals surface area contributed by atoms with Crippen LogP contribution in [-0.2, 0) is 4.79 Å². The fourth-order valence-electron chi connectivity index (χ4n) is 1.36. The molecule has 4 heteroatoms. The molecule has 64 valence electrons. The van der Waals surface area contributed by atoms with Crippen LogP contribution in [0.4, 0.5) is 0 Å². The number of nitrogens with two attached hydrogens (primary N) is 1. The first-order valence-electron chi connectivity index (χ1n) is 3.80. The Kier molecular flexibility index (Phi) is 2.15. The third-order valence-electron chi connectivity index (χ3n) is 2.44. The summed E-state index contributed by atoms with van der Waals surface area (Å²) in [4.78, 5) is 10.7. The van der Waals surface area contributed by atoms with Gasteiger partial charge in [-0.25, -0.2) is 0 Å². The van der Waals surface area contributed by atoms with Gasteiger partial charge in [0.05, 0.1) is 0 Å². The Balaban J connectivity index is 2.72. The van der Waals surface area contributed by atoms with Crippen molar-refractivity contribution in [2.45, 2.75) is 18.9 Å². The highest BCUT2D eigenvalue weighted by Gasteiger charge is 2.41. The molecule has 1 aliphatic rings. The van der Waals surface area contributed by atoms with Crippen molar-refractivity contribution >= 4 is 5.97 Å². The van der Waals surface area contributed by atoms with Crippen molar-refractivity contribution in [3.8, 4) is 0 Å². The van der Waals surface area contributed by atoms with Crippen LogP contribution < -0.4 is 11.1 Å². The molecule has 0 bridgehead atoms. The average molecular weight is 158 g/mol. The van der Waals surface area contributed by atoms with Crippen molar-refractivity contribution in [1.82, 2.24) is 5.32 Å². The molecule has 1 heterocycles. The second-order valence-electron chi connectivity index (χ2n) is 3.20. The van der Waals surface area contributed by atoms with Gasteiger partial charge in [-0.15, -0.1) is 0 Å². The first kappa shape index (κ1) is 8.49. The van der Waals surface area contributed by atoms with Gasteiger partial charge < -0.3 is 16.2 Å². The molecule has 0 radical (unpaired) electrons. The van der Waals surface area contributed by atoms with Crippen LogP contribution in [0.5, 0.6) is 0 Å². The third-order valence-corrected chi connectivity index (χ3v) is 2.44. The van der Waals surface area contributed by atoms with Crippen LogP contribution >= 0.6 is 0 Å². The first-order chi connectivity index (χ1) is 5.07. The Labute approximate surface area is 65.8 Å². The highest BCUT2D eigenvalue weighted by Crippen LogP contribution is 2.21. The molecule has 1 aliphatic heterocycles. The van der Waals surface area contributed by atoms with Crippen molar-refractivity contribution in [2.24, 2.45) is 11.7 Å². The smallest absolute Gasteiger partial charge is 0.324 e. The van der Waals surface area contributed by atoms with Crippen LogP contribution in [0.2, 0.25) is 0 Å². The Morgan fingerprint density at radius 2 is 2.45 bits per heavy atom. The van der Waals surface area contributed by atoms with Crippen molar-refractivity contribution in [1.29, 1.82) is 0 Å². The fraction of sp³-hybridized carbons (Fsp3) is 0.857. The standard InChI is InChI=1S/C7H14N2O2/c1-5-4-9-3-2-7(5,8)6(10)11/h5,9H,2-4,8H2,1H3,(H,10,11). The highest BCUT2D eigenvalue weighted by atomic mass is 16.4. The Morgan fingerprint density at radius 3 is 2.82 bits per heavy atom. The molecule has 0 amide bonds. The first-order valence-corrected chi connectivity index (χ1v) is 3.80. The van der Waals surface area contributed by atoms with E-state index in [0.29, 0.717) is 19.5 Å². The third kappa shape index (κ3) is 1.36. The molecule has 1 saturated heterocycles. The molecule has 0 spiro atoms. The highest BCUT2D eigenvalue weighted by molar-refractivity contribution is 5.79. The van der Waals surface area contributed by atoms with E-state index in [4.69, 9.17) is 10.8 Å². The molecular weight excluding hydrogens is 144 g/mol. The Hall–Kier alpha value is -0.610. The van der Waals surface area contributed by atoms with E-state index in [9.17, 15) is 4.79 Å². The Morgan fingerprint density at radius 1 is 1.82 bits per heavy atom. The molecule has 1 rings (SSSR count). The number of rotatable bonds is 1. The van der Waals surface area contributed by atoms with Gasteiger partial charge in [0.15, 0.2) is 0 Å². The summed E-state index contributed by atoms with van der Waals surface area (Å²) >= 11 is 0. The lowest BCUT2D eigenvalue weighted by molar-refractivity contribution is -0.146. The number of carboxylic acid groups (broad SMARTS) is 1. The molecule has 2 atom stereocenters. The Bertz CT molecular complexity index is 172. The predicted molar refractivity (Wildman–Crippen MR) is 41.2 cm³/mol. The maximum absolute atomic E-state index is 10.7. The summed E-state index contributed by atoms with van der Waals surface area (Å²) in [6.07, 6.45) is 0.517. The molecule has 0 aliphatic carbocycles. The number of piperidine rings is 1. The summed E-state index contributed by atoms with van der Waals surface area (Å²) in [6.45, 7) is 3.26. The zero-order valence-electron chi connectivity index (χ0n) is 6.63. The van der Waals surface area contributed by atoms with Crippen LogP contribution in [-0.4, -0.2) is 29.7 Å². The fourth-order valence-corrected chi connectivity index (χ4v) is 1.36. The van der Waals surface area contributed by atoms with Crippen LogP contribution in [0, 0.1) is 5.92 Å². The van der Waals surface area contributed by atoms with E-state index in [1.54, 1.807) is 0 Å². The topological polar surface area (TPSA) is 75.3 Å². The quantitative estimate of drug-likeness (QED) is 0.476. The second-order valence-corrected chi connectivity index (χ2v) is 3.20. The monoisotopic (exact) mass is 158 g/mol. The van der Waals surface area contributed by atoms with Gasteiger partial charge in [0, 0.05) is 6.54 Å².